The standard InChI is InChI=1S/C71H43N11/c1-3-21-44(22-4-1)52-43-53(77-69(76-52)45-23-5-2-6-24-45)46-25-7-8-26-47(46)62-67(79-54-31-13-9-27-48(54)63-58(79)35-17-39-72-63)70(81-56-33-15-11-29-50(56)65-60(81)37-19-41-74-65)78-71(82-57-34-16-12-30-51(57)66-61(82)38-20-42-75-66)68(62)80-55-32-14-10-28-49(55)64-59(80)36-18-40-73-64/h1-43H. The van der Waals surface area contributed by atoms with E-state index >= 15 is 0 Å². The second-order valence-corrected chi connectivity index (χ2v) is 20.5. The Balaban J connectivity index is 1.17. The molecule has 0 aliphatic rings. The molecule has 10 heterocycles. The number of pyridine rings is 5. The zero-order chi connectivity index (χ0) is 53.8. The lowest BCUT2D eigenvalue weighted by Crippen LogP contribution is -2.16. The molecule has 11 nitrogen and oxygen atoms in total. The van der Waals surface area contributed by atoms with Crippen molar-refractivity contribution in [3.8, 4) is 68.0 Å². The highest BCUT2D eigenvalue weighted by atomic mass is 15.2. The molecule has 10 aromatic heterocycles. The van der Waals surface area contributed by atoms with E-state index in [0.29, 0.717) is 17.5 Å². The van der Waals surface area contributed by atoms with Gasteiger partial charge in [0.05, 0.1) is 77.6 Å². The van der Waals surface area contributed by atoms with Gasteiger partial charge in [-0.15, -0.1) is 0 Å². The number of nitrogens with zero attached hydrogens (tertiary/aromatic N) is 11. The molecule has 0 fully saturated rings. The van der Waals surface area contributed by atoms with E-state index in [9.17, 15) is 0 Å². The summed E-state index contributed by atoms with van der Waals surface area (Å²) in [5, 5.41) is 4.01. The van der Waals surface area contributed by atoms with Crippen LogP contribution >= 0.6 is 0 Å². The SMILES string of the molecule is c1ccc(-c2cc(-c3ccccc3-c3c(-n4c5ccccc5c5ncccc54)c(-n4c5ccccc5c5ncccc54)nc(-n4c5ccccc5c5ncccc54)c3-n3c4ccccc4c4ncccc43)nc(-c3ccccc3)n2)cc1. The smallest absolute Gasteiger partial charge is 0.165 e. The zero-order valence-corrected chi connectivity index (χ0v) is 43.7. The predicted molar refractivity (Wildman–Crippen MR) is 330 cm³/mol. The van der Waals surface area contributed by atoms with Gasteiger partial charge in [-0.25, -0.2) is 15.0 Å². The number of aromatic nitrogens is 11. The molecule has 0 saturated heterocycles. The molecular weight excluding hydrogens is 1010 g/mol. The van der Waals surface area contributed by atoms with Gasteiger partial charge in [-0.2, -0.15) is 0 Å². The second-order valence-electron chi connectivity index (χ2n) is 20.5. The maximum atomic E-state index is 6.36. The van der Waals surface area contributed by atoms with Crippen molar-refractivity contribution in [2.24, 2.45) is 0 Å². The van der Waals surface area contributed by atoms with Crippen LogP contribution in [0.5, 0.6) is 0 Å². The van der Waals surface area contributed by atoms with E-state index in [2.05, 4.69) is 206 Å². The third-order valence-corrected chi connectivity index (χ3v) is 16.0. The summed E-state index contributed by atoms with van der Waals surface area (Å²) < 4.78 is 9.41. The Bertz CT molecular complexity index is 4900. The fourth-order valence-electron chi connectivity index (χ4n) is 12.6. The first-order valence-electron chi connectivity index (χ1n) is 27.3. The Morgan fingerprint density at radius 2 is 0.598 bits per heavy atom. The summed E-state index contributed by atoms with van der Waals surface area (Å²) in [7, 11) is 0. The normalized spacial score (nSPS) is 11.9. The minimum Gasteiger partial charge on any atom is -0.304 e. The van der Waals surface area contributed by atoms with Gasteiger partial charge in [0.2, 0.25) is 0 Å². The van der Waals surface area contributed by atoms with Crippen LogP contribution in [0.1, 0.15) is 0 Å². The molecule has 82 heavy (non-hydrogen) atoms. The number of hydrogen-bond donors (Lipinski definition) is 0. The molecule has 17 aromatic rings. The number of fused-ring (bicyclic) bond motifs is 12. The maximum absolute atomic E-state index is 6.36. The van der Waals surface area contributed by atoms with Crippen LogP contribution in [0.25, 0.3) is 156 Å². The first-order chi connectivity index (χ1) is 40.7. The van der Waals surface area contributed by atoms with Crippen LogP contribution in [-0.4, -0.2) is 53.2 Å². The van der Waals surface area contributed by atoms with Gasteiger partial charge in [-0.05, 0) is 84.4 Å². The van der Waals surface area contributed by atoms with E-state index in [4.69, 9.17) is 34.9 Å². The Hall–Kier alpha value is -11.4. The van der Waals surface area contributed by atoms with E-state index in [1.807, 2.05) is 73.3 Å². The van der Waals surface area contributed by atoms with Crippen molar-refractivity contribution in [1.29, 1.82) is 0 Å². The number of rotatable bonds is 8. The van der Waals surface area contributed by atoms with Crippen molar-refractivity contribution in [3.63, 3.8) is 0 Å². The van der Waals surface area contributed by atoms with Crippen molar-refractivity contribution >= 4 is 87.7 Å². The third-order valence-electron chi connectivity index (χ3n) is 16.0. The maximum Gasteiger partial charge on any atom is 0.165 e. The van der Waals surface area contributed by atoms with Gasteiger partial charge in [-0.1, -0.05) is 158 Å². The van der Waals surface area contributed by atoms with E-state index in [-0.39, 0.29) is 0 Å². The van der Waals surface area contributed by atoms with Crippen LogP contribution in [0.2, 0.25) is 0 Å². The van der Waals surface area contributed by atoms with Gasteiger partial charge in [0.25, 0.3) is 0 Å². The van der Waals surface area contributed by atoms with Gasteiger partial charge < -0.3 is 9.13 Å². The molecule has 0 atom stereocenters. The molecule has 17 rings (SSSR count). The number of hydrogen-bond acceptors (Lipinski definition) is 7. The van der Waals surface area contributed by atoms with Crippen LogP contribution in [0.4, 0.5) is 0 Å². The monoisotopic (exact) mass is 1050 g/mol. The average Bonchev–Trinajstić information content (AvgIpc) is 1.84. The van der Waals surface area contributed by atoms with Crippen LogP contribution < -0.4 is 0 Å². The fraction of sp³-hybridized carbons (Fsp3) is 0. The molecule has 0 saturated carbocycles. The average molecular weight is 1050 g/mol. The van der Waals surface area contributed by atoms with Gasteiger partial charge in [0.15, 0.2) is 17.5 Å². The summed E-state index contributed by atoms with van der Waals surface area (Å²) in [5.41, 5.74) is 18.6. The lowest BCUT2D eigenvalue weighted by molar-refractivity contribution is 0.960. The van der Waals surface area contributed by atoms with Crippen LogP contribution in [0, 0.1) is 0 Å². The van der Waals surface area contributed by atoms with Gasteiger partial charge in [0, 0.05) is 68.6 Å². The molecular formula is C71H43N11. The Labute approximate surface area is 468 Å². The van der Waals surface area contributed by atoms with E-state index < -0.39 is 0 Å². The molecule has 0 N–H and O–H groups in total. The van der Waals surface area contributed by atoms with Crippen LogP contribution in [0.3, 0.4) is 0 Å². The molecule has 0 aliphatic carbocycles. The fourth-order valence-corrected chi connectivity index (χ4v) is 12.6. The zero-order valence-electron chi connectivity index (χ0n) is 43.7. The predicted octanol–water partition coefficient (Wildman–Crippen LogP) is 16.5. The summed E-state index contributed by atoms with van der Waals surface area (Å²) in [5.74, 6) is 1.95. The van der Waals surface area contributed by atoms with Crippen molar-refractivity contribution in [2.75, 3.05) is 0 Å². The lowest BCUT2D eigenvalue weighted by atomic mass is 9.93. The van der Waals surface area contributed by atoms with Crippen LogP contribution in [-0.2, 0) is 0 Å². The topological polar surface area (TPSA) is 110 Å². The van der Waals surface area contributed by atoms with Gasteiger partial charge in [-0.3, -0.25) is 29.1 Å². The minimum atomic E-state index is 0.612. The van der Waals surface area contributed by atoms with Crippen LogP contribution in [0.15, 0.2) is 261 Å². The first kappa shape index (κ1) is 45.6. The quantitative estimate of drug-likeness (QED) is 0.149. The van der Waals surface area contributed by atoms with Gasteiger partial charge >= 0.3 is 0 Å². The van der Waals surface area contributed by atoms with Crippen molar-refractivity contribution in [3.05, 3.63) is 261 Å². The summed E-state index contributed by atoms with van der Waals surface area (Å²) in [6, 6.07) is 82.4. The van der Waals surface area contributed by atoms with E-state index in [1.54, 1.807) is 0 Å². The molecule has 7 aromatic carbocycles. The summed E-state index contributed by atoms with van der Waals surface area (Å²) in [4.78, 5) is 37.8. The lowest BCUT2D eigenvalue weighted by Gasteiger charge is -2.27. The van der Waals surface area contributed by atoms with E-state index in [0.717, 1.165) is 138 Å². The molecule has 0 unspecified atom stereocenters. The highest BCUT2D eigenvalue weighted by molar-refractivity contribution is 6.14. The third kappa shape index (κ3) is 6.74. The van der Waals surface area contributed by atoms with Crippen molar-refractivity contribution in [1.82, 2.24) is 53.2 Å². The first-order valence-corrected chi connectivity index (χ1v) is 27.3. The largest absolute Gasteiger partial charge is 0.304 e. The Morgan fingerprint density at radius 3 is 1.05 bits per heavy atom. The number of para-hydroxylation sites is 4. The molecule has 0 aliphatic heterocycles. The highest BCUT2D eigenvalue weighted by Crippen LogP contribution is 2.50. The summed E-state index contributed by atoms with van der Waals surface area (Å²) >= 11 is 0. The van der Waals surface area contributed by atoms with Gasteiger partial charge in [0.1, 0.15) is 11.4 Å². The second kappa shape index (κ2) is 18.1. The molecule has 0 amide bonds. The molecule has 0 radical (unpaired) electrons. The minimum absolute atomic E-state index is 0.612. The molecule has 382 valence electrons. The number of benzene rings is 7. The Morgan fingerprint density at radius 1 is 0.256 bits per heavy atom. The van der Waals surface area contributed by atoms with Crippen molar-refractivity contribution < 1.29 is 0 Å². The van der Waals surface area contributed by atoms with E-state index in [1.165, 1.54) is 0 Å². The summed E-state index contributed by atoms with van der Waals surface area (Å²) in [6.45, 7) is 0. The summed E-state index contributed by atoms with van der Waals surface area (Å²) in [6.07, 6.45) is 7.51. The Kier molecular flexibility index (Phi) is 10.0. The molecule has 0 spiro atoms. The highest BCUT2D eigenvalue weighted by Gasteiger charge is 2.34. The molecule has 0 bridgehead atoms. The molecule has 11 heteroatoms. The van der Waals surface area contributed by atoms with Crippen molar-refractivity contribution in [2.45, 2.75) is 0 Å².